The van der Waals surface area contributed by atoms with Gasteiger partial charge in [-0.15, -0.1) is 12.6 Å². The topological polar surface area (TPSA) is 49.3 Å². The molecule has 0 spiro atoms. The van der Waals surface area contributed by atoms with E-state index < -0.39 is 0 Å². The Hall–Kier alpha value is -1.00. The van der Waals surface area contributed by atoms with Crippen molar-refractivity contribution in [2.45, 2.75) is 17.7 Å². The van der Waals surface area contributed by atoms with Gasteiger partial charge in [0.15, 0.2) is 0 Å². The lowest BCUT2D eigenvalue weighted by molar-refractivity contribution is 0.0935. The van der Waals surface area contributed by atoms with E-state index in [-0.39, 0.29) is 17.9 Å². The van der Waals surface area contributed by atoms with Crippen molar-refractivity contribution in [3.63, 3.8) is 0 Å². The van der Waals surface area contributed by atoms with Crippen LogP contribution >= 0.6 is 12.6 Å². The second kappa shape index (κ2) is 4.47. The number of rotatable bonds is 4. The minimum absolute atomic E-state index is 0.0425. The van der Waals surface area contributed by atoms with Gasteiger partial charge in [-0.1, -0.05) is 0 Å². The fourth-order valence-electron chi connectivity index (χ4n) is 1.55. The van der Waals surface area contributed by atoms with Gasteiger partial charge in [0, 0.05) is 22.4 Å². The molecule has 0 radical (unpaired) electrons. The van der Waals surface area contributed by atoms with Crippen LogP contribution in [0.2, 0.25) is 0 Å². The zero-order chi connectivity index (χ0) is 11.6. The Kier molecular flexibility index (Phi) is 3.21. The summed E-state index contributed by atoms with van der Waals surface area (Å²) in [7, 11) is 0. The Morgan fingerprint density at radius 2 is 2.00 bits per heavy atom. The summed E-state index contributed by atoms with van der Waals surface area (Å²) in [6, 6.07) is 7.07. The maximum absolute atomic E-state index is 11.7. The minimum atomic E-state index is -0.0898. The number of carbonyl (C=O) groups is 1. The van der Waals surface area contributed by atoms with Crippen molar-refractivity contribution in [2.24, 2.45) is 5.41 Å². The fraction of sp³-hybridized carbons (Fsp3) is 0.417. The predicted octanol–water partition coefficient (Wildman–Crippen LogP) is 1.48. The number of amides is 1. The van der Waals surface area contributed by atoms with Gasteiger partial charge in [-0.2, -0.15) is 0 Å². The molecule has 4 heteroatoms. The van der Waals surface area contributed by atoms with Crippen molar-refractivity contribution in [1.29, 1.82) is 0 Å². The van der Waals surface area contributed by atoms with Crippen molar-refractivity contribution in [2.75, 3.05) is 13.2 Å². The highest BCUT2D eigenvalue weighted by Gasteiger charge is 2.42. The normalized spacial score (nSPS) is 16.9. The number of aliphatic hydroxyl groups is 1. The molecule has 1 saturated carbocycles. The first-order valence-corrected chi connectivity index (χ1v) is 5.78. The highest BCUT2D eigenvalue weighted by atomic mass is 32.1. The third-order valence-corrected chi connectivity index (χ3v) is 3.34. The number of hydrogen-bond donors (Lipinski definition) is 3. The zero-order valence-corrected chi connectivity index (χ0v) is 9.83. The summed E-state index contributed by atoms with van der Waals surface area (Å²) in [5.41, 5.74) is 0.589. The van der Waals surface area contributed by atoms with Crippen LogP contribution in [0.1, 0.15) is 23.2 Å². The number of aliphatic hydroxyl groups excluding tert-OH is 1. The van der Waals surface area contributed by atoms with Crippen molar-refractivity contribution in [3.05, 3.63) is 29.8 Å². The van der Waals surface area contributed by atoms with Gasteiger partial charge in [0.1, 0.15) is 0 Å². The molecule has 1 amide bonds. The van der Waals surface area contributed by atoms with Crippen LogP contribution in [0.3, 0.4) is 0 Å². The predicted molar refractivity (Wildman–Crippen MR) is 64.8 cm³/mol. The smallest absolute Gasteiger partial charge is 0.251 e. The molecule has 0 heterocycles. The summed E-state index contributed by atoms with van der Waals surface area (Å²) >= 11 is 4.16. The quantitative estimate of drug-likeness (QED) is 0.695. The lowest BCUT2D eigenvalue weighted by Crippen LogP contribution is -2.31. The van der Waals surface area contributed by atoms with Crippen LogP contribution in [0, 0.1) is 5.41 Å². The SMILES string of the molecule is O=C(NCC1(CO)CC1)c1ccc(S)cc1. The molecule has 0 bridgehead atoms. The minimum Gasteiger partial charge on any atom is -0.396 e. The summed E-state index contributed by atoms with van der Waals surface area (Å²) in [5.74, 6) is -0.0898. The fourth-order valence-corrected chi connectivity index (χ4v) is 1.70. The average Bonchev–Trinajstić information content (AvgIpc) is 3.08. The van der Waals surface area contributed by atoms with Crippen molar-refractivity contribution in [1.82, 2.24) is 5.32 Å². The molecule has 1 aliphatic rings. The molecule has 1 aromatic rings. The van der Waals surface area contributed by atoms with Crippen LogP contribution in [0.4, 0.5) is 0 Å². The monoisotopic (exact) mass is 237 g/mol. The molecule has 16 heavy (non-hydrogen) atoms. The molecular weight excluding hydrogens is 222 g/mol. The lowest BCUT2D eigenvalue weighted by atomic mass is 10.1. The Bertz CT molecular complexity index is 385. The van der Waals surface area contributed by atoms with Crippen molar-refractivity contribution >= 4 is 18.5 Å². The Labute approximate surface area is 100 Å². The second-order valence-corrected chi connectivity index (χ2v) is 4.90. The third-order valence-electron chi connectivity index (χ3n) is 3.05. The van der Waals surface area contributed by atoms with E-state index in [0.29, 0.717) is 12.1 Å². The molecular formula is C12H15NO2S. The molecule has 0 aliphatic heterocycles. The maximum atomic E-state index is 11.7. The van der Waals surface area contributed by atoms with E-state index in [1.54, 1.807) is 24.3 Å². The molecule has 0 saturated heterocycles. The van der Waals surface area contributed by atoms with E-state index in [9.17, 15) is 4.79 Å². The molecule has 3 nitrogen and oxygen atoms in total. The first kappa shape index (κ1) is 11.5. The number of carbonyl (C=O) groups excluding carboxylic acids is 1. The first-order chi connectivity index (χ1) is 7.65. The third kappa shape index (κ3) is 2.57. The van der Waals surface area contributed by atoms with Gasteiger partial charge in [-0.3, -0.25) is 4.79 Å². The van der Waals surface area contributed by atoms with Gasteiger partial charge in [-0.05, 0) is 37.1 Å². The van der Waals surface area contributed by atoms with E-state index in [1.165, 1.54) is 0 Å². The highest BCUT2D eigenvalue weighted by Crippen LogP contribution is 2.44. The van der Waals surface area contributed by atoms with Crippen molar-refractivity contribution < 1.29 is 9.90 Å². The summed E-state index contributed by atoms with van der Waals surface area (Å²) in [6.07, 6.45) is 2.00. The average molecular weight is 237 g/mol. The number of hydrogen-bond acceptors (Lipinski definition) is 3. The summed E-state index contributed by atoms with van der Waals surface area (Å²) in [4.78, 5) is 12.6. The molecule has 1 fully saturated rings. The van der Waals surface area contributed by atoms with Crippen LogP contribution in [0.5, 0.6) is 0 Å². The molecule has 2 rings (SSSR count). The highest BCUT2D eigenvalue weighted by molar-refractivity contribution is 7.80. The lowest BCUT2D eigenvalue weighted by Gasteiger charge is -2.12. The van der Waals surface area contributed by atoms with Crippen LogP contribution < -0.4 is 5.32 Å². The van der Waals surface area contributed by atoms with Gasteiger partial charge >= 0.3 is 0 Å². The van der Waals surface area contributed by atoms with Crippen LogP contribution in [0.25, 0.3) is 0 Å². The molecule has 1 aromatic carbocycles. The van der Waals surface area contributed by atoms with E-state index >= 15 is 0 Å². The molecule has 0 unspecified atom stereocenters. The number of thiol groups is 1. The maximum Gasteiger partial charge on any atom is 0.251 e. The molecule has 0 aromatic heterocycles. The number of nitrogens with one attached hydrogen (secondary N) is 1. The zero-order valence-electron chi connectivity index (χ0n) is 8.94. The second-order valence-electron chi connectivity index (χ2n) is 4.39. The summed E-state index contributed by atoms with van der Waals surface area (Å²) < 4.78 is 0. The Morgan fingerprint density at radius 1 is 1.38 bits per heavy atom. The van der Waals surface area contributed by atoms with Gasteiger partial charge in [0.25, 0.3) is 5.91 Å². The Morgan fingerprint density at radius 3 is 2.50 bits per heavy atom. The van der Waals surface area contributed by atoms with Gasteiger partial charge in [-0.25, -0.2) is 0 Å². The van der Waals surface area contributed by atoms with Crippen LogP contribution in [0.15, 0.2) is 29.2 Å². The molecule has 0 atom stereocenters. The van der Waals surface area contributed by atoms with Crippen molar-refractivity contribution in [3.8, 4) is 0 Å². The summed E-state index contributed by atoms with van der Waals surface area (Å²) in [5, 5.41) is 12.0. The van der Waals surface area contributed by atoms with Crippen LogP contribution in [-0.4, -0.2) is 24.2 Å². The van der Waals surface area contributed by atoms with E-state index in [4.69, 9.17) is 5.11 Å². The van der Waals surface area contributed by atoms with E-state index in [1.807, 2.05) is 0 Å². The summed E-state index contributed by atoms with van der Waals surface area (Å²) in [6.45, 7) is 0.716. The molecule has 86 valence electrons. The van der Waals surface area contributed by atoms with Gasteiger partial charge < -0.3 is 10.4 Å². The Balaban J connectivity index is 1.91. The van der Waals surface area contributed by atoms with E-state index in [2.05, 4.69) is 17.9 Å². The van der Waals surface area contributed by atoms with Crippen LogP contribution in [-0.2, 0) is 0 Å². The molecule has 1 aliphatic carbocycles. The number of benzene rings is 1. The largest absolute Gasteiger partial charge is 0.396 e. The standard InChI is InChI=1S/C12H15NO2S/c14-8-12(5-6-12)7-13-11(15)9-1-3-10(16)4-2-9/h1-4,14,16H,5-8H2,(H,13,15). The first-order valence-electron chi connectivity index (χ1n) is 5.33. The van der Waals surface area contributed by atoms with E-state index in [0.717, 1.165) is 17.7 Å². The van der Waals surface area contributed by atoms with Gasteiger partial charge in [0.2, 0.25) is 0 Å². The van der Waals surface area contributed by atoms with Gasteiger partial charge in [0.05, 0.1) is 6.61 Å². The molecule has 2 N–H and O–H groups in total.